The summed E-state index contributed by atoms with van der Waals surface area (Å²) < 4.78 is 1.84. The first-order valence-electron chi connectivity index (χ1n) is 9.02. The smallest absolute Gasteiger partial charge is 0.234 e. The van der Waals surface area contributed by atoms with Crippen molar-refractivity contribution >= 4 is 58.2 Å². The Kier molecular flexibility index (Phi) is 6.77. The predicted molar refractivity (Wildman–Crippen MR) is 125 cm³/mol. The summed E-state index contributed by atoms with van der Waals surface area (Å²) in [5, 5.41) is 13.4. The first-order valence-corrected chi connectivity index (χ1v) is 11.1. The van der Waals surface area contributed by atoms with Crippen LogP contribution in [0.1, 0.15) is 0 Å². The van der Waals surface area contributed by atoms with E-state index >= 15 is 0 Å². The van der Waals surface area contributed by atoms with Gasteiger partial charge < -0.3 is 5.32 Å². The lowest BCUT2D eigenvalue weighted by Crippen LogP contribution is -2.15. The van der Waals surface area contributed by atoms with Crippen LogP contribution in [0.5, 0.6) is 0 Å². The molecule has 1 amide bonds. The molecule has 4 rings (SSSR count). The number of anilines is 1. The number of thioether (sulfide) groups is 1. The lowest BCUT2D eigenvalue weighted by atomic mass is 10.3. The van der Waals surface area contributed by atoms with E-state index in [-0.39, 0.29) is 11.7 Å². The van der Waals surface area contributed by atoms with Gasteiger partial charge in [0, 0.05) is 21.9 Å². The van der Waals surface area contributed by atoms with Crippen LogP contribution in [0.25, 0.3) is 17.2 Å². The standard InChI is InChI=1S/C21H14Cl3N5OS/c22-13-4-7-15(8-5-13)29-20(18-3-1-2-10-25-18)27-28-21(29)31-12-19(30)26-17-9-6-14(23)11-16(17)24/h1-11H,12H2,(H,26,30). The van der Waals surface area contributed by atoms with Gasteiger partial charge >= 0.3 is 0 Å². The van der Waals surface area contributed by atoms with Crippen LogP contribution in [0.15, 0.2) is 72.0 Å². The number of hydrogen-bond acceptors (Lipinski definition) is 5. The maximum absolute atomic E-state index is 12.5. The Hall–Kier alpha value is -2.58. The third-order valence-electron chi connectivity index (χ3n) is 4.15. The highest BCUT2D eigenvalue weighted by Crippen LogP contribution is 2.29. The molecular formula is C21H14Cl3N5OS. The van der Waals surface area contributed by atoms with Crippen LogP contribution in [-0.4, -0.2) is 31.4 Å². The van der Waals surface area contributed by atoms with Crippen LogP contribution in [-0.2, 0) is 4.79 Å². The molecule has 2 aromatic heterocycles. The minimum absolute atomic E-state index is 0.104. The summed E-state index contributed by atoms with van der Waals surface area (Å²) in [6.07, 6.45) is 1.69. The first-order chi connectivity index (χ1) is 15.0. The lowest BCUT2D eigenvalue weighted by molar-refractivity contribution is -0.113. The third-order valence-corrected chi connectivity index (χ3v) is 5.88. The molecule has 0 unspecified atom stereocenters. The Balaban J connectivity index is 1.58. The molecule has 2 aromatic carbocycles. The summed E-state index contributed by atoms with van der Waals surface area (Å²) in [6.45, 7) is 0. The molecule has 6 nitrogen and oxygen atoms in total. The Morgan fingerprint density at radius 3 is 2.45 bits per heavy atom. The molecule has 156 valence electrons. The highest BCUT2D eigenvalue weighted by Gasteiger charge is 2.18. The minimum Gasteiger partial charge on any atom is -0.324 e. The molecule has 0 atom stereocenters. The monoisotopic (exact) mass is 489 g/mol. The van der Waals surface area contributed by atoms with Gasteiger partial charge in [-0.2, -0.15) is 0 Å². The normalized spacial score (nSPS) is 10.8. The fraction of sp³-hybridized carbons (Fsp3) is 0.0476. The fourth-order valence-corrected chi connectivity index (χ4v) is 4.09. The number of pyridine rings is 1. The van der Waals surface area contributed by atoms with E-state index in [2.05, 4.69) is 20.5 Å². The second-order valence-corrected chi connectivity index (χ2v) is 8.52. The maximum Gasteiger partial charge on any atom is 0.234 e. The molecule has 1 N–H and O–H groups in total. The quantitative estimate of drug-likeness (QED) is 0.335. The zero-order chi connectivity index (χ0) is 21.8. The molecule has 4 aromatic rings. The van der Waals surface area contributed by atoms with Crippen molar-refractivity contribution in [2.24, 2.45) is 0 Å². The van der Waals surface area contributed by atoms with Gasteiger partial charge in [0.1, 0.15) is 5.69 Å². The number of hydrogen-bond donors (Lipinski definition) is 1. The average molecular weight is 491 g/mol. The lowest BCUT2D eigenvalue weighted by Gasteiger charge is -2.11. The number of amides is 1. The van der Waals surface area contributed by atoms with Crippen LogP contribution >= 0.6 is 46.6 Å². The minimum atomic E-state index is -0.237. The SMILES string of the molecule is O=C(CSc1nnc(-c2ccccn2)n1-c1ccc(Cl)cc1)Nc1ccc(Cl)cc1Cl. The van der Waals surface area contributed by atoms with Crippen molar-refractivity contribution < 1.29 is 4.79 Å². The summed E-state index contributed by atoms with van der Waals surface area (Å²) in [4.78, 5) is 16.9. The molecule has 0 aliphatic rings. The Bertz CT molecular complexity index is 1220. The van der Waals surface area contributed by atoms with Crippen molar-refractivity contribution in [2.75, 3.05) is 11.1 Å². The van der Waals surface area contributed by atoms with E-state index in [1.54, 1.807) is 36.5 Å². The van der Waals surface area contributed by atoms with Crippen molar-refractivity contribution in [1.82, 2.24) is 19.7 Å². The number of carbonyl (C=O) groups is 1. The topological polar surface area (TPSA) is 72.7 Å². The van der Waals surface area contributed by atoms with E-state index < -0.39 is 0 Å². The molecule has 0 saturated heterocycles. The largest absolute Gasteiger partial charge is 0.324 e. The second-order valence-electron chi connectivity index (χ2n) is 6.29. The van der Waals surface area contributed by atoms with Gasteiger partial charge in [0.2, 0.25) is 5.91 Å². The number of nitrogens with zero attached hydrogens (tertiary/aromatic N) is 4. The van der Waals surface area contributed by atoms with Gasteiger partial charge in [0.25, 0.3) is 0 Å². The number of rotatable bonds is 6. The molecular weight excluding hydrogens is 477 g/mol. The highest BCUT2D eigenvalue weighted by molar-refractivity contribution is 7.99. The molecule has 0 saturated carbocycles. The Morgan fingerprint density at radius 1 is 0.968 bits per heavy atom. The summed E-state index contributed by atoms with van der Waals surface area (Å²) in [6, 6.07) is 17.7. The number of carbonyl (C=O) groups excluding carboxylic acids is 1. The molecule has 0 aliphatic carbocycles. The van der Waals surface area contributed by atoms with E-state index in [9.17, 15) is 4.79 Å². The van der Waals surface area contributed by atoms with E-state index in [1.165, 1.54) is 11.8 Å². The number of nitrogens with one attached hydrogen (secondary N) is 1. The van der Waals surface area contributed by atoms with Crippen molar-refractivity contribution in [2.45, 2.75) is 5.16 Å². The number of benzene rings is 2. The summed E-state index contributed by atoms with van der Waals surface area (Å²) >= 11 is 19.3. The Labute approximate surface area is 197 Å². The molecule has 0 bridgehead atoms. The first kappa shape index (κ1) is 21.6. The van der Waals surface area contributed by atoms with Crippen molar-refractivity contribution in [3.63, 3.8) is 0 Å². The van der Waals surface area contributed by atoms with Gasteiger partial charge in [-0.05, 0) is 54.6 Å². The van der Waals surface area contributed by atoms with Gasteiger partial charge in [-0.15, -0.1) is 10.2 Å². The molecule has 0 spiro atoms. The van der Waals surface area contributed by atoms with E-state index in [0.717, 1.165) is 5.69 Å². The van der Waals surface area contributed by atoms with Crippen molar-refractivity contribution in [3.05, 3.63) is 81.9 Å². The Morgan fingerprint density at radius 2 is 1.74 bits per heavy atom. The molecule has 0 radical (unpaired) electrons. The van der Waals surface area contributed by atoms with Gasteiger partial charge in [-0.25, -0.2) is 0 Å². The average Bonchev–Trinajstić information content (AvgIpc) is 3.19. The number of aromatic nitrogens is 4. The number of halogens is 3. The highest BCUT2D eigenvalue weighted by atomic mass is 35.5. The van der Waals surface area contributed by atoms with Crippen molar-refractivity contribution in [1.29, 1.82) is 0 Å². The summed E-state index contributed by atoms with van der Waals surface area (Å²) in [5.74, 6) is 0.429. The zero-order valence-corrected chi connectivity index (χ0v) is 18.9. The zero-order valence-electron chi connectivity index (χ0n) is 15.8. The van der Waals surface area contributed by atoms with Gasteiger partial charge in [-0.1, -0.05) is 52.6 Å². The van der Waals surface area contributed by atoms with E-state index in [4.69, 9.17) is 34.8 Å². The predicted octanol–water partition coefficient (Wildman–Crippen LogP) is 6.02. The third kappa shape index (κ3) is 5.19. The molecule has 10 heteroatoms. The molecule has 2 heterocycles. The van der Waals surface area contributed by atoms with Gasteiger partial charge in [0.05, 0.1) is 16.5 Å². The van der Waals surface area contributed by atoms with Crippen molar-refractivity contribution in [3.8, 4) is 17.2 Å². The van der Waals surface area contributed by atoms with Crippen LogP contribution in [0, 0.1) is 0 Å². The summed E-state index contributed by atoms with van der Waals surface area (Å²) in [5.41, 5.74) is 1.96. The van der Waals surface area contributed by atoms with Gasteiger partial charge in [0.15, 0.2) is 11.0 Å². The van der Waals surface area contributed by atoms with Crippen LogP contribution in [0.4, 0.5) is 5.69 Å². The molecule has 0 aliphatic heterocycles. The maximum atomic E-state index is 12.5. The van der Waals surface area contributed by atoms with Crippen LogP contribution in [0.3, 0.4) is 0 Å². The van der Waals surface area contributed by atoms with E-state index in [0.29, 0.717) is 37.4 Å². The fourth-order valence-electron chi connectivity index (χ4n) is 2.75. The van der Waals surface area contributed by atoms with Crippen LogP contribution < -0.4 is 5.32 Å². The molecule has 31 heavy (non-hydrogen) atoms. The van der Waals surface area contributed by atoms with E-state index in [1.807, 2.05) is 34.9 Å². The second kappa shape index (κ2) is 9.70. The summed E-state index contributed by atoms with van der Waals surface area (Å²) in [7, 11) is 0. The molecule has 0 fully saturated rings. The van der Waals surface area contributed by atoms with Crippen LogP contribution in [0.2, 0.25) is 15.1 Å². The van der Waals surface area contributed by atoms with Gasteiger partial charge in [-0.3, -0.25) is 14.3 Å².